The van der Waals surface area contributed by atoms with E-state index in [1.807, 2.05) is 11.8 Å². The van der Waals surface area contributed by atoms with Crippen molar-refractivity contribution >= 4 is 17.9 Å². The van der Waals surface area contributed by atoms with Crippen molar-refractivity contribution < 1.29 is 29.7 Å². The first kappa shape index (κ1) is 26.2. The van der Waals surface area contributed by atoms with Crippen LogP contribution in [-0.4, -0.2) is 113 Å². The predicted octanol–water partition coefficient (Wildman–Crippen LogP) is -0.315. The second kappa shape index (κ2) is 16.2. The van der Waals surface area contributed by atoms with E-state index in [-0.39, 0.29) is 19.3 Å². The Morgan fingerprint density at radius 2 is 0.929 bits per heavy atom. The van der Waals surface area contributed by atoms with Gasteiger partial charge >= 0.3 is 17.9 Å². The molecule has 0 aromatic rings. The van der Waals surface area contributed by atoms with Crippen LogP contribution in [0.25, 0.3) is 0 Å². The second-order valence-corrected chi connectivity index (χ2v) is 6.74. The zero-order chi connectivity index (χ0) is 21.4. The van der Waals surface area contributed by atoms with Gasteiger partial charge in [0.2, 0.25) is 0 Å². The molecule has 0 bridgehead atoms. The Labute approximate surface area is 166 Å². The molecular formula is C18H36N4O6. The molecule has 0 saturated carbocycles. The summed E-state index contributed by atoms with van der Waals surface area (Å²) in [6.07, 6.45) is 0.982. The summed E-state index contributed by atoms with van der Waals surface area (Å²) in [5.41, 5.74) is 5.69. The largest absolute Gasteiger partial charge is 0.481 e. The van der Waals surface area contributed by atoms with Crippen LogP contribution in [0.3, 0.4) is 0 Å². The summed E-state index contributed by atoms with van der Waals surface area (Å²) in [4.78, 5) is 38.5. The monoisotopic (exact) mass is 404 g/mol. The van der Waals surface area contributed by atoms with E-state index in [2.05, 4.69) is 9.80 Å². The number of aliphatic carboxylic acids is 3. The van der Waals surface area contributed by atoms with Crippen molar-refractivity contribution in [2.75, 3.05) is 65.4 Å². The van der Waals surface area contributed by atoms with Crippen LogP contribution in [0.1, 0.15) is 32.6 Å². The van der Waals surface area contributed by atoms with E-state index in [1.165, 1.54) is 0 Å². The smallest absolute Gasteiger partial charge is 0.304 e. The third-order valence-corrected chi connectivity index (χ3v) is 4.38. The van der Waals surface area contributed by atoms with Crippen molar-refractivity contribution in [3.8, 4) is 0 Å². The second-order valence-electron chi connectivity index (χ2n) is 6.74. The molecule has 0 atom stereocenters. The van der Waals surface area contributed by atoms with Crippen LogP contribution >= 0.6 is 0 Å². The number of nitrogens with two attached hydrogens (primary N) is 1. The zero-order valence-corrected chi connectivity index (χ0v) is 16.9. The molecule has 0 heterocycles. The van der Waals surface area contributed by atoms with Crippen molar-refractivity contribution in [3.63, 3.8) is 0 Å². The van der Waals surface area contributed by atoms with Gasteiger partial charge in [0.25, 0.3) is 0 Å². The summed E-state index contributed by atoms with van der Waals surface area (Å²) in [5.74, 6) is -2.63. The molecule has 10 heteroatoms. The normalized spacial score (nSPS) is 11.5. The first-order valence-electron chi connectivity index (χ1n) is 9.81. The quantitative estimate of drug-likeness (QED) is 0.226. The van der Waals surface area contributed by atoms with Gasteiger partial charge in [-0.1, -0.05) is 6.92 Å². The molecule has 0 radical (unpaired) electrons. The third-order valence-electron chi connectivity index (χ3n) is 4.38. The maximum absolute atomic E-state index is 10.8. The van der Waals surface area contributed by atoms with Gasteiger partial charge in [-0.3, -0.25) is 19.3 Å². The van der Waals surface area contributed by atoms with Crippen molar-refractivity contribution in [2.24, 2.45) is 5.73 Å². The Bertz CT molecular complexity index is 445. The standard InChI is InChI=1S/C18H36N4O6/c1-2-7-20(8-3-16(23)24)12-14-22(11-6-19)15-13-21(9-4-17(25)26)10-5-18(27)28/h2-15,19H2,1H3,(H,23,24)(H,25,26)(H,27,28). The minimum Gasteiger partial charge on any atom is -0.481 e. The Hall–Kier alpha value is -1.75. The minimum atomic E-state index is -0.909. The molecule has 0 aromatic heterocycles. The van der Waals surface area contributed by atoms with Gasteiger partial charge in [-0.2, -0.15) is 0 Å². The van der Waals surface area contributed by atoms with Crippen molar-refractivity contribution in [3.05, 3.63) is 0 Å². The van der Waals surface area contributed by atoms with E-state index < -0.39 is 17.9 Å². The first-order chi connectivity index (χ1) is 13.3. The molecule has 10 nitrogen and oxygen atoms in total. The molecule has 0 saturated heterocycles. The highest BCUT2D eigenvalue weighted by atomic mass is 16.4. The minimum absolute atomic E-state index is 0.0318. The molecule has 0 fully saturated rings. The van der Waals surface area contributed by atoms with Crippen molar-refractivity contribution in [2.45, 2.75) is 32.6 Å². The Morgan fingerprint density at radius 3 is 1.21 bits per heavy atom. The van der Waals surface area contributed by atoms with Crippen molar-refractivity contribution in [1.29, 1.82) is 0 Å². The summed E-state index contributed by atoms with van der Waals surface area (Å²) in [7, 11) is 0. The van der Waals surface area contributed by atoms with Gasteiger partial charge in [0.05, 0.1) is 19.3 Å². The molecule has 0 unspecified atom stereocenters. The lowest BCUT2D eigenvalue weighted by atomic mass is 10.3. The number of rotatable bonds is 19. The van der Waals surface area contributed by atoms with Crippen LogP contribution < -0.4 is 5.73 Å². The summed E-state index contributed by atoms with van der Waals surface area (Å²) in [6, 6.07) is 0. The summed E-state index contributed by atoms with van der Waals surface area (Å²) in [5, 5.41) is 26.6. The van der Waals surface area contributed by atoms with E-state index >= 15 is 0 Å². The fourth-order valence-corrected chi connectivity index (χ4v) is 2.83. The maximum Gasteiger partial charge on any atom is 0.304 e. The predicted molar refractivity (Wildman–Crippen MR) is 105 cm³/mol. The lowest BCUT2D eigenvalue weighted by Crippen LogP contribution is -2.43. The van der Waals surface area contributed by atoms with Gasteiger partial charge in [-0.25, -0.2) is 0 Å². The highest BCUT2D eigenvalue weighted by Gasteiger charge is 2.14. The van der Waals surface area contributed by atoms with Crippen LogP contribution in [0.4, 0.5) is 0 Å². The lowest BCUT2D eigenvalue weighted by molar-refractivity contribution is -0.138. The number of hydrogen-bond donors (Lipinski definition) is 4. The molecule has 0 aliphatic carbocycles. The van der Waals surface area contributed by atoms with Crippen LogP contribution in [0.15, 0.2) is 0 Å². The highest BCUT2D eigenvalue weighted by Crippen LogP contribution is 2.00. The molecule has 164 valence electrons. The zero-order valence-electron chi connectivity index (χ0n) is 16.9. The molecule has 0 aliphatic rings. The first-order valence-corrected chi connectivity index (χ1v) is 9.81. The molecule has 0 amide bonds. The molecular weight excluding hydrogens is 368 g/mol. The van der Waals surface area contributed by atoms with E-state index in [9.17, 15) is 14.4 Å². The Kier molecular flexibility index (Phi) is 15.2. The van der Waals surface area contributed by atoms with Crippen LogP contribution in [0.5, 0.6) is 0 Å². The molecule has 0 aromatic carbocycles. The number of carboxylic acid groups (broad SMARTS) is 3. The fourth-order valence-electron chi connectivity index (χ4n) is 2.83. The van der Waals surface area contributed by atoms with Gasteiger partial charge in [-0.15, -0.1) is 0 Å². The van der Waals surface area contributed by atoms with Gasteiger partial charge in [0.1, 0.15) is 0 Å². The third kappa shape index (κ3) is 15.3. The van der Waals surface area contributed by atoms with Gasteiger partial charge in [0, 0.05) is 58.9 Å². The molecule has 0 spiro atoms. The molecule has 0 rings (SSSR count). The molecule has 28 heavy (non-hydrogen) atoms. The lowest BCUT2D eigenvalue weighted by Gasteiger charge is -2.29. The fraction of sp³-hybridized carbons (Fsp3) is 0.833. The number of hydrogen-bond acceptors (Lipinski definition) is 7. The topological polar surface area (TPSA) is 148 Å². The van der Waals surface area contributed by atoms with Crippen LogP contribution in [0, 0.1) is 0 Å². The number of carboxylic acids is 3. The van der Waals surface area contributed by atoms with Crippen LogP contribution in [0.2, 0.25) is 0 Å². The Balaban J connectivity index is 4.59. The average molecular weight is 405 g/mol. The molecule has 5 N–H and O–H groups in total. The van der Waals surface area contributed by atoms with Crippen LogP contribution in [-0.2, 0) is 14.4 Å². The SMILES string of the molecule is CCCN(CCC(=O)O)CCN(CCN)CCN(CCC(=O)O)CCC(=O)O. The van der Waals surface area contributed by atoms with E-state index in [4.69, 9.17) is 21.1 Å². The molecule has 0 aliphatic heterocycles. The average Bonchev–Trinajstić information content (AvgIpc) is 2.62. The van der Waals surface area contributed by atoms with E-state index in [1.54, 1.807) is 0 Å². The van der Waals surface area contributed by atoms with E-state index in [0.717, 1.165) is 26.1 Å². The van der Waals surface area contributed by atoms with Gasteiger partial charge < -0.3 is 30.9 Å². The Morgan fingerprint density at radius 1 is 0.607 bits per heavy atom. The summed E-state index contributed by atoms with van der Waals surface area (Å²) < 4.78 is 0. The summed E-state index contributed by atoms with van der Waals surface area (Å²) >= 11 is 0. The van der Waals surface area contributed by atoms with Crippen molar-refractivity contribution in [1.82, 2.24) is 14.7 Å². The van der Waals surface area contributed by atoms with E-state index in [0.29, 0.717) is 45.8 Å². The number of nitrogens with zero attached hydrogens (tertiary/aromatic N) is 3. The number of carbonyl (C=O) groups is 3. The highest BCUT2D eigenvalue weighted by molar-refractivity contribution is 5.67. The maximum atomic E-state index is 10.8. The summed E-state index contributed by atoms with van der Waals surface area (Å²) in [6.45, 7) is 7.80. The van der Waals surface area contributed by atoms with Gasteiger partial charge in [0.15, 0.2) is 0 Å². The van der Waals surface area contributed by atoms with Gasteiger partial charge in [-0.05, 0) is 13.0 Å².